The van der Waals surface area contributed by atoms with E-state index in [2.05, 4.69) is 47.2 Å². The van der Waals surface area contributed by atoms with Gasteiger partial charge in [0.05, 0.1) is 0 Å². The number of fused-ring (bicyclic) bond motifs is 3. The molecule has 4 rings (SSSR count). The lowest BCUT2D eigenvalue weighted by molar-refractivity contribution is 0.212. The zero-order valence-electron chi connectivity index (χ0n) is 16.2. The summed E-state index contributed by atoms with van der Waals surface area (Å²) in [6.45, 7) is 8.73. The van der Waals surface area contributed by atoms with Crippen molar-refractivity contribution in [3.63, 3.8) is 0 Å². The van der Waals surface area contributed by atoms with Gasteiger partial charge in [-0.05, 0) is 49.7 Å². The third kappa shape index (κ3) is 3.78. The van der Waals surface area contributed by atoms with Crippen LogP contribution >= 0.6 is 0 Å². The first kappa shape index (κ1) is 18.2. The zero-order chi connectivity index (χ0) is 18.8. The lowest BCUT2D eigenvalue weighted by atomic mass is 9.88. The maximum Gasteiger partial charge on any atom is 0.127 e. The molecule has 3 nitrogen and oxygen atoms in total. The highest BCUT2D eigenvalue weighted by Gasteiger charge is 2.29. The van der Waals surface area contributed by atoms with Gasteiger partial charge in [-0.15, -0.1) is 0 Å². The van der Waals surface area contributed by atoms with E-state index < -0.39 is 0 Å². The van der Waals surface area contributed by atoms with E-state index >= 15 is 0 Å². The molecule has 1 aliphatic heterocycles. The van der Waals surface area contributed by atoms with Crippen LogP contribution in [0.5, 0.6) is 0 Å². The fourth-order valence-corrected chi connectivity index (χ4v) is 4.35. The molecule has 2 aromatic carbocycles. The van der Waals surface area contributed by atoms with E-state index in [-0.39, 0.29) is 5.82 Å². The molecule has 0 radical (unpaired) electrons. The molecule has 2 heterocycles. The number of halogens is 1. The monoisotopic (exact) mass is 365 g/mol. The van der Waals surface area contributed by atoms with Crippen LogP contribution in [0.4, 0.5) is 4.39 Å². The van der Waals surface area contributed by atoms with Gasteiger partial charge in [0.25, 0.3) is 0 Å². The maximum absolute atomic E-state index is 14.2. The highest BCUT2D eigenvalue weighted by Crippen LogP contribution is 2.37. The zero-order valence-corrected chi connectivity index (χ0v) is 16.2. The number of nitrogens with one attached hydrogen (secondary N) is 2. The predicted octanol–water partition coefficient (Wildman–Crippen LogP) is 4.71. The second kappa shape index (κ2) is 7.83. The first-order valence-corrected chi connectivity index (χ1v) is 9.93. The summed E-state index contributed by atoms with van der Waals surface area (Å²) in [6.07, 6.45) is 1.09. The number of hydrogen-bond donors (Lipinski definition) is 2. The molecule has 3 aromatic rings. The average molecular weight is 365 g/mol. The third-order valence-electron chi connectivity index (χ3n) is 5.62. The molecule has 1 unspecified atom stereocenters. The van der Waals surface area contributed by atoms with E-state index in [9.17, 15) is 4.39 Å². The number of benzene rings is 2. The largest absolute Gasteiger partial charge is 0.357 e. The Morgan fingerprint density at radius 1 is 1.22 bits per heavy atom. The van der Waals surface area contributed by atoms with Gasteiger partial charge in [-0.2, -0.15) is 0 Å². The summed E-state index contributed by atoms with van der Waals surface area (Å²) in [5, 5.41) is 4.81. The summed E-state index contributed by atoms with van der Waals surface area (Å²) in [7, 11) is 0. The molecule has 0 saturated heterocycles. The number of rotatable bonds is 6. The predicted molar refractivity (Wildman–Crippen MR) is 109 cm³/mol. The maximum atomic E-state index is 14.2. The van der Waals surface area contributed by atoms with Crippen LogP contribution < -0.4 is 5.32 Å². The van der Waals surface area contributed by atoms with Gasteiger partial charge in [-0.3, -0.25) is 4.90 Å². The van der Waals surface area contributed by atoms with Crippen molar-refractivity contribution < 1.29 is 4.39 Å². The summed E-state index contributed by atoms with van der Waals surface area (Å²) in [6, 6.07) is 13.8. The minimum Gasteiger partial charge on any atom is -0.357 e. The Bertz CT molecular complexity index is 931. The summed E-state index contributed by atoms with van der Waals surface area (Å²) < 4.78 is 14.2. The molecule has 1 aromatic heterocycles. The number of aromatic nitrogens is 1. The van der Waals surface area contributed by atoms with Crippen LogP contribution in [0.2, 0.25) is 0 Å². The molecule has 0 spiro atoms. The van der Waals surface area contributed by atoms with Gasteiger partial charge >= 0.3 is 0 Å². The van der Waals surface area contributed by atoms with E-state index in [1.54, 1.807) is 12.1 Å². The van der Waals surface area contributed by atoms with Crippen molar-refractivity contribution in [2.24, 2.45) is 0 Å². The van der Waals surface area contributed by atoms with E-state index in [4.69, 9.17) is 0 Å². The molecule has 0 fully saturated rings. The van der Waals surface area contributed by atoms with Gasteiger partial charge in [0.2, 0.25) is 0 Å². The van der Waals surface area contributed by atoms with Crippen molar-refractivity contribution in [1.82, 2.24) is 15.2 Å². The Kier molecular flexibility index (Phi) is 5.28. The first-order chi connectivity index (χ1) is 13.2. The van der Waals surface area contributed by atoms with Gasteiger partial charge in [0.1, 0.15) is 5.82 Å². The van der Waals surface area contributed by atoms with Gasteiger partial charge < -0.3 is 10.3 Å². The van der Waals surface area contributed by atoms with Crippen molar-refractivity contribution in [2.75, 3.05) is 19.6 Å². The fourth-order valence-electron chi connectivity index (χ4n) is 4.35. The lowest BCUT2D eigenvalue weighted by Crippen LogP contribution is -2.34. The Labute approximate surface area is 160 Å². The Hall–Kier alpha value is -2.17. The molecule has 1 aliphatic rings. The van der Waals surface area contributed by atoms with Gasteiger partial charge in [0.15, 0.2) is 0 Å². The number of H-pyrrole nitrogens is 1. The Morgan fingerprint density at radius 2 is 2.07 bits per heavy atom. The van der Waals surface area contributed by atoms with Crippen LogP contribution in [0.1, 0.15) is 41.6 Å². The highest BCUT2D eigenvalue weighted by atomic mass is 19.1. The molecule has 4 heteroatoms. The van der Waals surface area contributed by atoms with Crippen LogP contribution in [-0.4, -0.2) is 29.5 Å². The summed E-state index contributed by atoms with van der Waals surface area (Å²) in [4.78, 5) is 6.03. The second-order valence-electron chi connectivity index (χ2n) is 7.67. The highest BCUT2D eigenvalue weighted by molar-refractivity contribution is 5.86. The van der Waals surface area contributed by atoms with Crippen LogP contribution in [-0.2, 0) is 13.1 Å². The van der Waals surface area contributed by atoms with Gasteiger partial charge in [-0.25, -0.2) is 4.39 Å². The Balaban J connectivity index is 1.65. The SMILES string of the molecule is CCNCCC1CN(Cc2ccccc2F)Cc2[nH]c3cc(C)ccc3c21. The topological polar surface area (TPSA) is 31.1 Å². The van der Waals surface area contributed by atoms with E-state index in [0.717, 1.165) is 38.2 Å². The minimum absolute atomic E-state index is 0.111. The van der Waals surface area contributed by atoms with Crippen molar-refractivity contribution in [2.45, 2.75) is 39.3 Å². The van der Waals surface area contributed by atoms with Crippen LogP contribution in [0.15, 0.2) is 42.5 Å². The van der Waals surface area contributed by atoms with Crippen molar-refractivity contribution in [1.29, 1.82) is 0 Å². The fraction of sp³-hybridized carbons (Fsp3) is 0.391. The van der Waals surface area contributed by atoms with Crippen molar-refractivity contribution in [3.05, 3.63) is 70.7 Å². The summed E-state index contributed by atoms with van der Waals surface area (Å²) in [5.41, 5.74) is 6.03. The smallest absolute Gasteiger partial charge is 0.127 e. The normalized spacial score (nSPS) is 17.4. The number of nitrogens with zero attached hydrogens (tertiary/aromatic N) is 1. The van der Waals surface area contributed by atoms with Crippen LogP contribution in [0, 0.1) is 12.7 Å². The molecule has 27 heavy (non-hydrogen) atoms. The van der Waals surface area contributed by atoms with E-state index in [1.807, 2.05) is 12.1 Å². The number of hydrogen-bond acceptors (Lipinski definition) is 2. The molecular weight excluding hydrogens is 337 g/mol. The van der Waals surface area contributed by atoms with Crippen LogP contribution in [0.25, 0.3) is 10.9 Å². The Morgan fingerprint density at radius 3 is 2.89 bits per heavy atom. The molecular formula is C23H28FN3. The molecule has 0 bridgehead atoms. The van der Waals surface area contributed by atoms with Crippen LogP contribution in [0.3, 0.4) is 0 Å². The second-order valence-corrected chi connectivity index (χ2v) is 7.67. The van der Waals surface area contributed by atoms with E-state index in [1.165, 1.54) is 27.7 Å². The molecule has 2 N–H and O–H groups in total. The van der Waals surface area contributed by atoms with Gasteiger partial charge in [0, 0.05) is 47.7 Å². The minimum atomic E-state index is -0.111. The first-order valence-electron chi connectivity index (χ1n) is 9.93. The van der Waals surface area contributed by atoms with Gasteiger partial charge in [-0.1, -0.05) is 37.3 Å². The molecule has 0 saturated carbocycles. The molecule has 0 aliphatic carbocycles. The lowest BCUT2D eigenvalue weighted by Gasteiger charge is -2.33. The number of aryl methyl sites for hydroxylation is 1. The third-order valence-corrected chi connectivity index (χ3v) is 5.62. The van der Waals surface area contributed by atoms with Crippen molar-refractivity contribution in [3.8, 4) is 0 Å². The van der Waals surface area contributed by atoms with E-state index in [0.29, 0.717) is 12.5 Å². The molecule has 0 amide bonds. The molecule has 1 atom stereocenters. The number of aromatic amines is 1. The molecule has 142 valence electrons. The average Bonchev–Trinajstić information content (AvgIpc) is 3.01. The summed E-state index contributed by atoms with van der Waals surface area (Å²) >= 11 is 0. The van der Waals surface area contributed by atoms with Crippen molar-refractivity contribution >= 4 is 10.9 Å². The quantitative estimate of drug-likeness (QED) is 0.620. The summed E-state index contributed by atoms with van der Waals surface area (Å²) in [5.74, 6) is 0.343. The standard InChI is InChI=1S/C23H28FN3/c1-3-25-11-10-18-14-27(13-17-6-4-5-7-20(17)24)15-22-23(18)19-9-8-16(2)12-21(19)26-22/h4-9,12,18,25-26H,3,10-11,13-15H2,1-2H3.